The van der Waals surface area contributed by atoms with Crippen LogP contribution in [0.15, 0.2) is 16.9 Å². The second-order valence-corrected chi connectivity index (χ2v) is 3.36. The van der Waals surface area contributed by atoms with Crippen molar-refractivity contribution in [3.8, 4) is 0 Å². The average Bonchev–Trinajstić information content (AvgIpc) is 2.57. The maximum Gasteiger partial charge on any atom is 0.211 e. The molecule has 1 aliphatic heterocycles. The van der Waals surface area contributed by atoms with Gasteiger partial charge < -0.3 is 4.42 Å². The first-order valence-corrected chi connectivity index (χ1v) is 4.47. The maximum absolute atomic E-state index is 5.29. The quantitative estimate of drug-likeness (QED) is 0.637. The summed E-state index contributed by atoms with van der Waals surface area (Å²) in [5.41, 5.74) is 0. The van der Waals surface area contributed by atoms with Gasteiger partial charge in [-0.25, -0.2) is 4.98 Å². The molecule has 3 heteroatoms. The molecule has 1 atom stereocenters. The second kappa shape index (κ2) is 3.27. The van der Waals surface area contributed by atoms with E-state index in [-0.39, 0.29) is 0 Å². The van der Waals surface area contributed by atoms with Gasteiger partial charge in [0.25, 0.3) is 0 Å². The SMILES string of the molecule is CN1CCCC[C@H]1c1ncco1. The van der Waals surface area contributed by atoms with Gasteiger partial charge in [0.2, 0.25) is 5.89 Å². The smallest absolute Gasteiger partial charge is 0.211 e. The summed E-state index contributed by atoms with van der Waals surface area (Å²) in [7, 11) is 2.13. The van der Waals surface area contributed by atoms with E-state index in [1.807, 2.05) is 0 Å². The number of hydrogen-bond acceptors (Lipinski definition) is 3. The van der Waals surface area contributed by atoms with Gasteiger partial charge in [-0.1, -0.05) is 6.42 Å². The Kier molecular flexibility index (Phi) is 2.13. The van der Waals surface area contributed by atoms with Crippen molar-refractivity contribution in [3.05, 3.63) is 18.4 Å². The molecule has 1 fully saturated rings. The molecule has 0 bridgehead atoms. The van der Waals surface area contributed by atoms with Crippen molar-refractivity contribution < 1.29 is 4.42 Å². The Labute approximate surface area is 72.4 Å². The molecule has 2 heterocycles. The highest BCUT2D eigenvalue weighted by Gasteiger charge is 2.23. The summed E-state index contributed by atoms with van der Waals surface area (Å²) >= 11 is 0. The second-order valence-electron chi connectivity index (χ2n) is 3.36. The topological polar surface area (TPSA) is 29.3 Å². The first-order valence-electron chi connectivity index (χ1n) is 4.47. The first kappa shape index (κ1) is 7.80. The largest absolute Gasteiger partial charge is 0.447 e. The monoisotopic (exact) mass is 166 g/mol. The summed E-state index contributed by atoms with van der Waals surface area (Å²) < 4.78 is 5.29. The lowest BCUT2D eigenvalue weighted by Crippen LogP contribution is -2.29. The standard InChI is InChI=1S/C9H14N2O/c1-11-6-3-2-4-8(11)9-10-5-7-12-9/h5,7-8H,2-4,6H2,1H3/t8-/m0/s1. The molecule has 0 N–H and O–H groups in total. The van der Waals surface area contributed by atoms with Crippen molar-refractivity contribution in [2.24, 2.45) is 0 Å². The van der Waals surface area contributed by atoms with Crippen molar-refractivity contribution in [2.45, 2.75) is 25.3 Å². The van der Waals surface area contributed by atoms with E-state index in [1.54, 1.807) is 12.5 Å². The van der Waals surface area contributed by atoms with Crippen molar-refractivity contribution >= 4 is 0 Å². The Hall–Kier alpha value is -0.830. The van der Waals surface area contributed by atoms with Crippen LogP contribution >= 0.6 is 0 Å². The Morgan fingerprint density at radius 3 is 3.17 bits per heavy atom. The van der Waals surface area contributed by atoms with E-state index in [9.17, 15) is 0 Å². The zero-order valence-electron chi connectivity index (χ0n) is 7.36. The Balaban J connectivity index is 2.11. The highest BCUT2D eigenvalue weighted by atomic mass is 16.3. The maximum atomic E-state index is 5.29. The van der Waals surface area contributed by atoms with Gasteiger partial charge in [0.05, 0.1) is 12.2 Å². The highest BCUT2D eigenvalue weighted by molar-refractivity contribution is 4.92. The lowest BCUT2D eigenvalue weighted by Gasteiger charge is -2.29. The van der Waals surface area contributed by atoms with E-state index in [0.29, 0.717) is 6.04 Å². The predicted octanol–water partition coefficient (Wildman–Crippen LogP) is 1.83. The van der Waals surface area contributed by atoms with Crippen LogP contribution in [-0.2, 0) is 0 Å². The third-order valence-corrected chi connectivity index (χ3v) is 2.51. The fourth-order valence-electron chi connectivity index (χ4n) is 1.79. The number of piperidine rings is 1. The van der Waals surface area contributed by atoms with Crippen LogP contribution in [0.1, 0.15) is 31.2 Å². The van der Waals surface area contributed by atoms with Crippen LogP contribution in [-0.4, -0.2) is 23.5 Å². The molecule has 1 saturated heterocycles. The predicted molar refractivity (Wildman–Crippen MR) is 45.7 cm³/mol. The molecule has 0 amide bonds. The fourth-order valence-corrected chi connectivity index (χ4v) is 1.79. The average molecular weight is 166 g/mol. The molecule has 1 aromatic heterocycles. The van der Waals surface area contributed by atoms with E-state index < -0.39 is 0 Å². The van der Waals surface area contributed by atoms with Crippen LogP contribution < -0.4 is 0 Å². The van der Waals surface area contributed by atoms with Gasteiger partial charge in [-0.3, -0.25) is 4.90 Å². The molecule has 0 aliphatic carbocycles. The summed E-state index contributed by atoms with van der Waals surface area (Å²) in [4.78, 5) is 6.50. The minimum absolute atomic E-state index is 0.411. The number of oxazole rings is 1. The molecule has 1 aromatic rings. The summed E-state index contributed by atoms with van der Waals surface area (Å²) in [5, 5.41) is 0. The van der Waals surface area contributed by atoms with Gasteiger partial charge in [-0.15, -0.1) is 0 Å². The van der Waals surface area contributed by atoms with Crippen LogP contribution in [0.2, 0.25) is 0 Å². The molecular formula is C9H14N2O. The van der Waals surface area contributed by atoms with Gasteiger partial charge in [0, 0.05) is 0 Å². The molecule has 2 rings (SSSR count). The number of hydrogen-bond donors (Lipinski definition) is 0. The van der Waals surface area contributed by atoms with Gasteiger partial charge in [-0.2, -0.15) is 0 Å². The normalized spacial score (nSPS) is 25.9. The van der Waals surface area contributed by atoms with Crippen LogP contribution in [0.5, 0.6) is 0 Å². The lowest BCUT2D eigenvalue weighted by molar-refractivity contribution is 0.159. The molecule has 1 aliphatic rings. The van der Waals surface area contributed by atoms with Crippen molar-refractivity contribution in [1.82, 2.24) is 9.88 Å². The minimum Gasteiger partial charge on any atom is -0.447 e. The first-order chi connectivity index (χ1) is 5.88. The number of likely N-dealkylation sites (tertiary alicyclic amines) is 1. The van der Waals surface area contributed by atoms with Crippen LogP contribution in [0.3, 0.4) is 0 Å². The summed E-state index contributed by atoms with van der Waals surface area (Å²) in [6.45, 7) is 1.16. The molecular weight excluding hydrogens is 152 g/mol. The fraction of sp³-hybridized carbons (Fsp3) is 0.667. The van der Waals surface area contributed by atoms with Crippen molar-refractivity contribution in [2.75, 3.05) is 13.6 Å². The summed E-state index contributed by atoms with van der Waals surface area (Å²) in [6, 6.07) is 0.411. The van der Waals surface area contributed by atoms with E-state index in [1.165, 1.54) is 19.3 Å². The lowest BCUT2D eigenvalue weighted by atomic mass is 10.0. The van der Waals surface area contributed by atoms with Crippen LogP contribution in [0.25, 0.3) is 0 Å². The van der Waals surface area contributed by atoms with Crippen LogP contribution in [0.4, 0.5) is 0 Å². The number of aromatic nitrogens is 1. The van der Waals surface area contributed by atoms with E-state index >= 15 is 0 Å². The third-order valence-electron chi connectivity index (χ3n) is 2.51. The number of rotatable bonds is 1. The van der Waals surface area contributed by atoms with Crippen molar-refractivity contribution in [1.29, 1.82) is 0 Å². The molecule has 0 aromatic carbocycles. The Morgan fingerprint density at radius 2 is 2.50 bits per heavy atom. The summed E-state index contributed by atoms with van der Waals surface area (Å²) in [6.07, 6.45) is 7.14. The minimum atomic E-state index is 0.411. The Bertz CT molecular complexity index is 233. The molecule has 0 unspecified atom stereocenters. The zero-order valence-corrected chi connectivity index (χ0v) is 7.36. The molecule has 66 valence electrons. The van der Waals surface area contributed by atoms with Gasteiger partial charge in [0.15, 0.2) is 0 Å². The summed E-state index contributed by atoms with van der Waals surface area (Å²) in [5.74, 6) is 0.872. The molecule has 0 saturated carbocycles. The van der Waals surface area contributed by atoms with Crippen molar-refractivity contribution in [3.63, 3.8) is 0 Å². The Morgan fingerprint density at radius 1 is 1.58 bits per heavy atom. The third kappa shape index (κ3) is 1.37. The molecule has 0 radical (unpaired) electrons. The zero-order chi connectivity index (χ0) is 8.39. The van der Waals surface area contributed by atoms with E-state index in [0.717, 1.165) is 12.4 Å². The van der Waals surface area contributed by atoms with Gasteiger partial charge in [-0.05, 0) is 26.4 Å². The molecule has 0 spiro atoms. The van der Waals surface area contributed by atoms with E-state index in [4.69, 9.17) is 4.42 Å². The highest BCUT2D eigenvalue weighted by Crippen LogP contribution is 2.27. The molecule has 3 nitrogen and oxygen atoms in total. The van der Waals surface area contributed by atoms with Gasteiger partial charge >= 0.3 is 0 Å². The van der Waals surface area contributed by atoms with Crippen LogP contribution in [0, 0.1) is 0 Å². The van der Waals surface area contributed by atoms with E-state index in [2.05, 4.69) is 16.9 Å². The van der Waals surface area contributed by atoms with Gasteiger partial charge in [0.1, 0.15) is 6.26 Å². The number of nitrogens with zero attached hydrogens (tertiary/aromatic N) is 2. The molecule has 12 heavy (non-hydrogen) atoms.